The van der Waals surface area contributed by atoms with Crippen molar-refractivity contribution in [3.05, 3.63) is 71.4 Å². The number of amides is 1. The number of nitrogens with one attached hydrogen (secondary N) is 1. The van der Waals surface area contributed by atoms with Gasteiger partial charge in [-0.1, -0.05) is 48.5 Å². The zero-order chi connectivity index (χ0) is 16.4. The third-order valence-corrected chi connectivity index (χ3v) is 3.92. The molecule has 0 unspecified atom stereocenters. The SMILES string of the molecule is Cc1nc2ccccc2c(C(=O)N[C@@H](C)c2ccccc2)c1O. The molecule has 0 radical (unpaired) electrons. The molecule has 1 atom stereocenters. The molecular formula is C19H18N2O2. The molecular weight excluding hydrogens is 288 g/mol. The second-order valence-electron chi connectivity index (χ2n) is 5.54. The van der Waals surface area contributed by atoms with E-state index in [0.29, 0.717) is 16.6 Å². The number of aromatic nitrogens is 1. The van der Waals surface area contributed by atoms with E-state index < -0.39 is 0 Å². The van der Waals surface area contributed by atoms with E-state index in [1.807, 2.05) is 55.5 Å². The Hall–Kier alpha value is -2.88. The number of benzene rings is 2. The Labute approximate surface area is 134 Å². The lowest BCUT2D eigenvalue weighted by Crippen LogP contribution is -2.27. The van der Waals surface area contributed by atoms with E-state index >= 15 is 0 Å². The molecule has 0 spiro atoms. The fraction of sp³-hybridized carbons (Fsp3) is 0.158. The summed E-state index contributed by atoms with van der Waals surface area (Å²) in [6.45, 7) is 3.61. The van der Waals surface area contributed by atoms with Gasteiger partial charge in [-0.2, -0.15) is 0 Å². The Bertz CT molecular complexity index is 860. The van der Waals surface area contributed by atoms with Gasteiger partial charge in [0.05, 0.1) is 22.8 Å². The van der Waals surface area contributed by atoms with Crippen molar-refractivity contribution in [1.82, 2.24) is 10.3 Å². The van der Waals surface area contributed by atoms with Crippen LogP contribution in [-0.4, -0.2) is 16.0 Å². The van der Waals surface area contributed by atoms with Gasteiger partial charge in [-0.3, -0.25) is 4.79 Å². The first-order valence-electron chi connectivity index (χ1n) is 7.52. The molecule has 116 valence electrons. The van der Waals surface area contributed by atoms with Gasteiger partial charge >= 0.3 is 0 Å². The highest BCUT2D eigenvalue weighted by Gasteiger charge is 2.20. The van der Waals surface area contributed by atoms with E-state index in [9.17, 15) is 9.90 Å². The molecule has 0 saturated heterocycles. The van der Waals surface area contributed by atoms with Crippen molar-refractivity contribution in [3.8, 4) is 5.75 Å². The molecule has 0 saturated carbocycles. The maximum atomic E-state index is 12.7. The van der Waals surface area contributed by atoms with Crippen LogP contribution in [0.15, 0.2) is 54.6 Å². The Balaban J connectivity index is 1.99. The first kappa shape index (κ1) is 15.0. The number of aryl methyl sites for hydroxylation is 1. The maximum absolute atomic E-state index is 12.7. The second kappa shape index (κ2) is 6.08. The number of aromatic hydroxyl groups is 1. The Morgan fingerprint density at radius 2 is 1.74 bits per heavy atom. The zero-order valence-electron chi connectivity index (χ0n) is 13.1. The quantitative estimate of drug-likeness (QED) is 0.775. The lowest BCUT2D eigenvalue weighted by Gasteiger charge is -2.16. The predicted octanol–water partition coefficient (Wildman–Crippen LogP) is 3.74. The minimum Gasteiger partial charge on any atom is -0.505 e. The predicted molar refractivity (Wildman–Crippen MR) is 90.5 cm³/mol. The monoisotopic (exact) mass is 306 g/mol. The smallest absolute Gasteiger partial charge is 0.256 e. The number of fused-ring (bicyclic) bond motifs is 1. The summed E-state index contributed by atoms with van der Waals surface area (Å²) in [5.41, 5.74) is 2.42. The van der Waals surface area contributed by atoms with Crippen molar-refractivity contribution in [3.63, 3.8) is 0 Å². The van der Waals surface area contributed by atoms with E-state index in [4.69, 9.17) is 0 Å². The van der Waals surface area contributed by atoms with Crippen LogP contribution in [0.4, 0.5) is 0 Å². The van der Waals surface area contributed by atoms with Crippen molar-refractivity contribution in [2.24, 2.45) is 0 Å². The van der Waals surface area contributed by atoms with Gasteiger partial charge in [-0.05, 0) is 25.5 Å². The van der Waals surface area contributed by atoms with Crippen molar-refractivity contribution < 1.29 is 9.90 Å². The molecule has 0 bridgehead atoms. The summed E-state index contributed by atoms with van der Waals surface area (Å²) in [7, 11) is 0. The van der Waals surface area contributed by atoms with Gasteiger partial charge in [0.1, 0.15) is 5.75 Å². The van der Waals surface area contributed by atoms with Crippen LogP contribution in [0.3, 0.4) is 0 Å². The molecule has 4 nitrogen and oxygen atoms in total. The first-order valence-corrected chi connectivity index (χ1v) is 7.52. The van der Waals surface area contributed by atoms with Gasteiger partial charge in [0.25, 0.3) is 5.91 Å². The molecule has 2 aromatic carbocycles. The Morgan fingerprint density at radius 1 is 1.09 bits per heavy atom. The van der Waals surface area contributed by atoms with Crippen molar-refractivity contribution >= 4 is 16.8 Å². The molecule has 3 rings (SSSR count). The standard InChI is InChI=1S/C19H18N2O2/c1-12(14-8-4-3-5-9-14)21-19(23)17-15-10-6-7-11-16(15)20-13(2)18(17)22/h3-12,22H,1-2H3,(H,21,23)/t12-/m0/s1. The van der Waals surface area contributed by atoms with Crippen LogP contribution >= 0.6 is 0 Å². The summed E-state index contributed by atoms with van der Waals surface area (Å²) in [5.74, 6) is -0.373. The number of carbonyl (C=O) groups excluding carboxylic acids is 1. The maximum Gasteiger partial charge on any atom is 0.256 e. The molecule has 0 aliphatic heterocycles. The molecule has 3 aromatic rings. The van der Waals surface area contributed by atoms with Crippen LogP contribution in [0.5, 0.6) is 5.75 Å². The average Bonchev–Trinajstić information content (AvgIpc) is 2.56. The van der Waals surface area contributed by atoms with Gasteiger partial charge in [0, 0.05) is 5.39 Å². The van der Waals surface area contributed by atoms with Crippen LogP contribution in [0.2, 0.25) is 0 Å². The molecule has 0 aliphatic rings. The molecule has 1 amide bonds. The van der Waals surface area contributed by atoms with Crippen LogP contribution in [0.1, 0.15) is 34.6 Å². The van der Waals surface area contributed by atoms with Crippen LogP contribution < -0.4 is 5.32 Å². The molecule has 2 N–H and O–H groups in total. The zero-order valence-corrected chi connectivity index (χ0v) is 13.1. The number of carbonyl (C=O) groups is 1. The van der Waals surface area contributed by atoms with E-state index in [0.717, 1.165) is 5.56 Å². The van der Waals surface area contributed by atoms with E-state index in [-0.39, 0.29) is 23.3 Å². The number of pyridine rings is 1. The summed E-state index contributed by atoms with van der Waals surface area (Å²) in [6.07, 6.45) is 0. The summed E-state index contributed by atoms with van der Waals surface area (Å²) in [6, 6.07) is 16.9. The average molecular weight is 306 g/mol. The molecule has 0 fully saturated rings. The van der Waals surface area contributed by atoms with Crippen LogP contribution in [0.25, 0.3) is 10.9 Å². The van der Waals surface area contributed by atoms with Gasteiger partial charge in [-0.15, -0.1) is 0 Å². The van der Waals surface area contributed by atoms with Gasteiger partial charge in [-0.25, -0.2) is 4.98 Å². The van der Waals surface area contributed by atoms with E-state index in [1.54, 1.807) is 13.0 Å². The topological polar surface area (TPSA) is 62.2 Å². The second-order valence-corrected chi connectivity index (χ2v) is 5.54. The number of rotatable bonds is 3. The highest BCUT2D eigenvalue weighted by atomic mass is 16.3. The van der Waals surface area contributed by atoms with Gasteiger partial charge < -0.3 is 10.4 Å². The van der Waals surface area contributed by atoms with E-state index in [2.05, 4.69) is 10.3 Å². The Morgan fingerprint density at radius 3 is 2.48 bits per heavy atom. The fourth-order valence-corrected chi connectivity index (χ4v) is 2.65. The van der Waals surface area contributed by atoms with Crippen LogP contribution in [0, 0.1) is 6.92 Å². The van der Waals surface area contributed by atoms with Crippen molar-refractivity contribution in [1.29, 1.82) is 0 Å². The minimum atomic E-state index is -0.305. The lowest BCUT2D eigenvalue weighted by molar-refractivity contribution is 0.0938. The van der Waals surface area contributed by atoms with Crippen molar-refractivity contribution in [2.75, 3.05) is 0 Å². The molecule has 4 heteroatoms. The highest BCUT2D eigenvalue weighted by Crippen LogP contribution is 2.29. The van der Waals surface area contributed by atoms with Gasteiger partial charge in [0.2, 0.25) is 0 Å². The third kappa shape index (κ3) is 2.88. The molecule has 23 heavy (non-hydrogen) atoms. The summed E-state index contributed by atoms with van der Waals surface area (Å²) in [5, 5.41) is 13.9. The fourth-order valence-electron chi connectivity index (χ4n) is 2.65. The molecule has 1 heterocycles. The summed E-state index contributed by atoms with van der Waals surface area (Å²) < 4.78 is 0. The number of hydrogen-bond acceptors (Lipinski definition) is 3. The Kier molecular flexibility index (Phi) is 3.98. The number of nitrogens with zero attached hydrogens (tertiary/aromatic N) is 1. The third-order valence-electron chi connectivity index (χ3n) is 3.92. The van der Waals surface area contributed by atoms with Crippen molar-refractivity contribution in [2.45, 2.75) is 19.9 Å². The molecule has 0 aliphatic carbocycles. The highest BCUT2D eigenvalue weighted by molar-refractivity contribution is 6.08. The largest absolute Gasteiger partial charge is 0.505 e. The first-order chi connectivity index (χ1) is 11.1. The number of para-hydroxylation sites is 1. The summed E-state index contributed by atoms with van der Waals surface area (Å²) >= 11 is 0. The minimum absolute atomic E-state index is 0.0681. The normalized spacial score (nSPS) is 12.1. The van der Waals surface area contributed by atoms with E-state index in [1.165, 1.54) is 0 Å². The lowest BCUT2D eigenvalue weighted by atomic mass is 10.0. The van der Waals surface area contributed by atoms with Crippen LogP contribution in [-0.2, 0) is 0 Å². The van der Waals surface area contributed by atoms with Gasteiger partial charge in [0.15, 0.2) is 0 Å². The number of hydrogen-bond donors (Lipinski definition) is 2. The molecule has 1 aromatic heterocycles. The summed E-state index contributed by atoms with van der Waals surface area (Å²) in [4.78, 5) is 17.0.